The lowest BCUT2D eigenvalue weighted by atomic mass is 9.92. The first kappa shape index (κ1) is 25.0. The molecule has 4 rings (SSSR count). The van der Waals surface area contributed by atoms with E-state index in [9.17, 15) is 4.79 Å². The number of allylic oxidation sites excluding steroid dienone is 1. The summed E-state index contributed by atoms with van der Waals surface area (Å²) in [5, 5.41) is 0.593. The average molecular weight is 485 g/mol. The van der Waals surface area contributed by atoms with Crippen molar-refractivity contribution in [3.63, 3.8) is 0 Å². The van der Waals surface area contributed by atoms with Gasteiger partial charge in [-0.2, -0.15) is 0 Å². The number of rotatable bonds is 11. The van der Waals surface area contributed by atoms with Crippen LogP contribution in [0.2, 0.25) is 5.02 Å². The van der Waals surface area contributed by atoms with Crippen molar-refractivity contribution in [2.45, 2.75) is 51.9 Å². The highest BCUT2D eigenvalue weighted by molar-refractivity contribution is 6.32. The third kappa shape index (κ3) is 6.53. The van der Waals surface area contributed by atoms with Crippen LogP contribution in [0.1, 0.15) is 68.7 Å². The van der Waals surface area contributed by atoms with Crippen molar-refractivity contribution >= 4 is 17.2 Å². The zero-order chi connectivity index (χ0) is 23.9. The largest absolute Gasteiger partial charge is 0.492 e. The van der Waals surface area contributed by atoms with E-state index in [2.05, 4.69) is 29.8 Å². The maximum Gasteiger partial charge on any atom is 0.251 e. The summed E-state index contributed by atoms with van der Waals surface area (Å²) in [6, 6.07) is 10.00. The number of halogens is 1. The van der Waals surface area contributed by atoms with Crippen LogP contribution in [0.3, 0.4) is 0 Å². The molecule has 184 valence electrons. The van der Waals surface area contributed by atoms with Gasteiger partial charge in [-0.25, -0.2) is 0 Å². The lowest BCUT2D eigenvalue weighted by Gasteiger charge is -2.21. The van der Waals surface area contributed by atoms with Gasteiger partial charge in [-0.1, -0.05) is 43.7 Å². The van der Waals surface area contributed by atoms with E-state index in [1.54, 1.807) is 0 Å². The second kappa shape index (κ2) is 12.1. The van der Waals surface area contributed by atoms with Gasteiger partial charge in [0.1, 0.15) is 5.75 Å². The number of hydrogen-bond acceptors (Lipinski definition) is 4. The summed E-state index contributed by atoms with van der Waals surface area (Å²) >= 11 is 6.65. The molecule has 2 fully saturated rings. The molecule has 0 atom stereocenters. The van der Waals surface area contributed by atoms with Gasteiger partial charge in [0.05, 0.1) is 11.6 Å². The Bertz CT molecular complexity index is 1030. The lowest BCUT2D eigenvalue weighted by molar-refractivity contribution is 0.0786. The summed E-state index contributed by atoms with van der Waals surface area (Å²) in [5.74, 6) is 1.53. The Morgan fingerprint density at radius 1 is 1.15 bits per heavy atom. The molecule has 0 bridgehead atoms. The minimum atomic E-state index is 0.0251. The van der Waals surface area contributed by atoms with Gasteiger partial charge in [0.25, 0.3) is 5.56 Å². The van der Waals surface area contributed by atoms with E-state index in [1.807, 2.05) is 30.3 Å². The summed E-state index contributed by atoms with van der Waals surface area (Å²) in [6.45, 7) is 9.66. The number of aromatic nitrogens is 1. The molecule has 1 saturated carbocycles. The van der Waals surface area contributed by atoms with Crippen molar-refractivity contribution in [3.8, 4) is 5.75 Å². The van der Waals surface area contributed by atoms with Gasteiger partial charge in [0.15, 0.2) is 0 Å². The van der Waals surface area contributed by atoms with Gasteiger partial charge in [-0.3, -0.25) is 4.79 Å². The Hall–Kier alpha value is -2.08. The second-order valence-electron chi connectivity index (χ2n) is 9.33. The molecule has 2 heterocycles. The Morgan fingerprint density at radius 3 is 2.56 bits per heavy atom. The molecular weight excluding hydrogens is 448 g/mol. The minimum absolute atomic E-state index is 0.0251. The van der Waals surface area contributed by atoms with Crippen molar-refractivity contribution in [1.29, 1.82) is 0 Å². The Morgan fingerprint density at radius 2 is 1.91 bits per heavy atom. The van der Waals surface area contributed by atoms with Crippen LogP contribution in [0.15, 0.2) is 41.2 Å². The number of ether oxygens (including phenoxy) is 2. The van der Waals surface area contributed by atoms with Gasteiger partial charge in [-0.05, 0) is 80.8 Å². The topological polar surface area (TPSA) is 54.6 Å². The van der Waals surface area contributed by atoms with E-state index < -0.39 is 0 Å². The number of benzene rings is 1. The maximum atomic E-state index is 12.8. The molecule has 0 amide bonds. The smallest absolute Gasteiger partial charge is 0.251 e. The monoisotopic (exact) mass is 484 g/mol. The number of pyridine rings is 1. The quantitative estimate of drug-likeness (QED) is 0.405. The number of H-pyrrole nitrogens is 1. The number of hydrogen-bond donors (Lipinski definition) is 1. The van der Waals surface area contributed by atoms with Crippen LogP contribution in [0.5, 0.6) is 5.75 Å². The van der Waals surface area contributed by atoms with E-state index >= 15 is 0 Å². The second-order valence-corrected chi connectivity index (χ2v) is 9.74. The van der Waals surface area contributed by atoms with Crippen LogP contribution >= 0.6 is 11.6 Å². The zero-order valence-electron chi connectivity index (χ0n) is 20.4. The lowest BCUT2D eigenvalue weighted by Crippen LogP contribution is -2.25. The molecule has 2 aliphatic rings. The van der Waals surface area contributed by atoms with Gasteiger partial charge < -0.3 is 19.4 Å². The van der Waals surface area contributed by atoms with E-state index in [1.165, 1.54) is 0 Å². The first-order valence-electron chi connectivity index (χ1n) is 12.8. The normalized spacial score (nSPS) is 17.4. The standard InChI is InChI=1S/C28H37ClN2O3/c1-3-31(4-2)14-5-15-34-27-11-8-22(19-25(27)29)24(18-20-12-16-33-17-13-20)26-10-9-23(21-6-7-21)28(32)30-26/h8-11,18-21H,3-7,12-17H2,1-2H3,(H,30,32). The first-order valence-corrected chi connectivity index (χ1v) is 13.1. The Balaban J connectivity index is 1.54. The van der Waals surface area contributed by atoms with E-state index in [-0.39, 0.29) is 5.56 Å². The first-order chi connectivity index (χ1) is 16.6. The van der Waals surface area contributed by atoms with E-state index in [0.29, 0.717) is 29.2 Å². The molecule has 34 heavy (non-hydrogen) atoms. The van der Waals surface area contributed by atoms with Gasteiger partial charge in [0, 0.05) is 36.6 Å². The molecule has 5 nitrogen and oxygen atoms in total. The molecule has 0 spiro atoms. The number of nitrogens with one attached hydrogen (secondary N) is 1. The van der Waals surface area contributed by atoms with Crippen LogP contribution in [0, 0.1) is 5.92 Å². The number of nitrogens with zero attached hydrogens (tertiary/aromatic N) is 1. The summed E-state index contributed by atoms with van der Waals surface area (Å²) in [7, 11) is 0. The molecule has 1 aliphatic heterocycles. The molecule has 0 radical (unpaired) electrons. The Labute approximate surface area is 208 Å². The van der Waals surface area contributed by atoms with Crippen molar-refractivity contribution in [2.75, 3.05) is 39.5 Å². The highest BCUT2D eigenvalue weighted by atomic mass is 35.5. The van der Waals surface area contributed by atoms with Crippen LogP contribution in [-0.2, 0) is 4.74 Å². The third-order valence-electron chi connectivity index (χ3n) is 6.93. The van der Waals surface area contributed by atoms with Crippen LogP contribution in [-0.4, -0.2) is 49.3 Å². The molecule has 1 saturated heterocycles. The zero-order valence-corrected chi connectivity index (χ0v) is 21.2. The molecular formula is C28H37ClN2O3. The fourth-order valence-corrected chi connectivity index (χ4v) is 4.85. The minimum Gasteiger partial charge on any atom is -0.492 e. The summed E-state index contributed by atoms with van der Waals surface area (Å²) in [6.07, 6.45) is 7.42. The molecule has 1 aromatic heterocycles. The highest BCUT2D eigenvalue weighted by Gasteiger charge is 2.26. The molecule has 6 heteroatoms. The molecule has 1 N–H and O–H groups in total. The summed E-state index contributed by atoms with van der Waals surface area (Å²) in [5.41, 5.74) is 3.77. The predicted octanol–water partition coefficient (Wildman–Crippen LogP) is 5.87. The predicted molar refractivity (Wildman–Crippen MR) is 139 cm³/mol. The van der Waals surface area contributed by atoms with Crippen molar-refractivity contribution < 1.29 is 9.47 Å². The fourth-order valence-electron chi connectivity index (χ4n) is 4.61. The van der Waals surface area contributed by atoms with Gasteiger partial charge >= 0.3 is 0 Å². The van der Waals surface area contributed by atoms with Gasteiger partial charge in [0.2, 0.25) is 0 Å². The SMILES string of the molecule is CCN(CC)CCCOc1ccc(C(=CC2CCOCC2)c2ccc(C3CC3)c(=O)[nH]2)cc1Cl. The van der Waals surface area contributed by atoms with Crippen LogP contribution < -0.4 is 10.3 Å². The average Bonchev–Trinajstić information content (AvgIpc) is 3.69. The maximum absolute atomic E-state index is 12.8. The molecule has 2 aromatic rings. The van der Waals surface area contributed by atoms with Crippen LogP contribution in [0.25, 0.3) is 5.57 Å². The summed E-state index contributed by atoms with van der Waals surface area (Å²) < 4.78 is 11.5. The third-order valence-corrected chi connectivity index (χ3v) is 7.22. The van der Waals surface area contributed by atoms with E-state index in [4.69, 9.17) is 21.1 Å². The van der Waals surface area contributed by atoms with Crippen molar-refractivity contribution in [3.05, 3.63) is 68.6 Å². The Kier molecular flexibility index (Phi) is 8.87. The molecule has 1 aromatic carbocycles. The molecule has 1 aliphatic carbocycles. The fraction of sp³-hybridized carbons (Fsp3) is 0.536. The highest BCUT2D eigenvalue weighted by Crippen LogP contribution is 2.39. The van der Waals surface area contributed by atoms with Crippen molar-refractivity contribution in [1.82, 2.24) is 9.88 Å². The van der Waals surface area contributed by atoms with Crippen LogP contribution in [0.4, 0.5) is 0 Å². The molecule has 0 unspecified atom stereocenters. The van der Waals surface area contributed by atoms with E-state index in [0.717, 1.165) is 87.3 Å². The number of aromatic amines is 1. The van der Waals surface area contributed by atoms with Crippen molar-refractivity contribution in [2.24, 2.45) is 5.92 Å². The summed E-state index contributed by atoms with van der Waals surface area (Å²) in [4.78, 5) is 18.3. The van der Waals surface area contributed by atoms with Gasteiger partial charge in [-0.15, -0.1) is 0 Å².